The number of aromatic carboxylic acids is 1. The van der Waals surface area contributed by atoms with E-state index in [-0.39, 0.29) is 17.5 Å². The molecule has 0 amide bonds. The van der Waals surface area contributed by atoms with E-state index >= 15 is 4.39 Å². The average Bonchev–Trinajstić information content (AvgIpc) is 2.55. The monoisotopic (exact) mass is 350 g/mol. The quantitative estimate of drug-likeness (QED) is 0.831. The largest absolute Gasteiger partial charge is 0.477 e. The first-order chi connectivity index (χ1) is 11.7. The molecule has 1 saturated heterocycles. The molecular weight excluding hydrogens is 327 g/mol. The van der Waals surface area contributed by atoms with Crippen LogP contribution in [0.3, 0.4) is 0 Å². The second-order valence-electron chi connectivity index (χ2n) is 6.83. The van der Waals surface area contributed by atoms with Crippen LogP contribution in [0.4, 0.5) is 4.39 Å². The van der Waals surface area contributed by atoms with Gasteiger partial charge in [-0.25, -0.2) is 9.18 Å². The van der Waals surface area contributed by atoms with Gasteiger partial charge >= 0.3 is 5.97 Å². The summed E-state index contributed by atoms with van der Waals surface area (Å²) >= 11 is 0. The zero-order valence-electron chi connectivity index (χ0n) is 14.7. The standard InChI is InChI=1S/C17H23FN4O3/c1-17(18)9-11-13(8-14(17)21-6-4-20(3)5-7-21)22(19-2)10-12(15(11)23)16(24)25/h8,10,19H,4-7,9H2,1-3H3,(H,24,25). The summed E-state index contributed by atoms with van der Waals surface area (Å²) in [6, 6.07) is 0. The second-order valence-corrected chi connectivity index (χ2v) is 6.83. The van der Waals surface area contributed by atoms with Gasteiger partial charge in [0.25, 0.3) is 0 Å². The van der Waals surface area contributed by atoms with Crippen molar-refractivity contribution in [3.63, 3.8) is 0 Å². The minimum Gasteiger partial charge on any atom is -0.477 e. The van der Waals surface area contributed by atoms with Gasteiger partial charge in [-0.3, -0.25) is 9.47 Å². The minimum atomic E-state index is -1.72. The van der Waals surface area contributed by atoms with E-state index in [1.807, 2.05) is 11.9 Å². The smallest absolute Gasteiger partial charge is 0.341 e. The molecule has 1 aliphatic carbocycles. The third-order valence-electron chi connectivity index (χ3n) is 4.98. The Kier molecular flexibility index (Phi) is 4.32. The number of alkyl halides is 1. The summed E-state index contributed by atoms with van der Waals surface area (Å²) in [4.78, 5) is 28.0. The zero-order valence-corrected chi connectivity index (χ0v) is 14.7. The van der Waals surface area contributed by atoms with Gasteiger partial charge < -0.3 is 20.3 Å². The first-order valence-electron chi connectivity index (χ1n) is 8.29. The van der Waals surface area contributed by atoms with Gasteiger partial charge in [0, 0.05) is 51.4 Å². The highest BCUT2D eigenvalue weighted by atomic mass is 19.1. The number of fused-ring (bicyclic) bond motifs is 1. The number of carboxylic acid groups (broad SMARTS) is 1. The second kappa shape index (κ2) is 6.18. The van der Waals surface area contributed by atoms with Crippen molar-refractivity contribution in [3.8, 4) is 0 Å². The number of hydrogen-bond donors (Lipinski definition) is 2. The van der Waals surface area contributed by atoms with Crippen LogP contribution in [-0.2, 0) is 6.42 Å². The van der Waals surface area contributed by atoms with Gasteiger partial charge in [0.05, 0.1) is 11.4 Å². The first kappa shape index (κ1) is 17.5. The highest BCUT2D eigenvalue weighted by Gasteiger charge is 2.39. The fraction of sp³-hybridized carbons (Fsp3) is 0.529. The van der Waals surface area contributed by atoms with Crippen LogP contribution in [0.2, 0.25) is 0 Å². The van der Waals surface area contributed by atoms with Crippen LogP contribution in [0.5, 0.6) is 0 Å². The topological polar surface area (TPSA) is 77.8 Å². The Morgan fingerprint density at radius 2 is 1.96 bits per heavy atom. The van der Waals surface area contributed by atoms with Crippen LogP contribution < -0.4 is 10.9 Å². The molecule has 1 atom stereocenters. The molecule has 136 valence electrons. The average molecular weight is 350 g/mol. The molecule has 0 saturated carbocycles. The van der Waals surface area contributed by atoms with Crippen molar-refractivity contribution in [2.45, 2.75) is 19.0 Å². The summed E-state index contributed by atoms with van der Waals surface area (Å²) in [7, 11) is 3.66. The molecule has 0 radical (unpaired) electrons. The van der Waals surface area contributed by atoms with Crippen molar-refractivity contribution in [2.24, 2.45) is 0 Å². The molecule has 1 aromatic rings. The molecule has 1 aromatic heterocycles. The number of halogens is 1. The van der Waals surface area contributed by atoms with Crippen LogP contribution in [0, 0.1) is 0 Å². The molecule has 0 spiro atoms. The van der Waals surface area contributed by atoms with E-state index in [1.54, 1.807) is 13.1 Å². The molecule has 1 fully saturated rings. The Morgan fingerprint density at radius 1 is 1.32 bits per heavy atom. The molecule has 25 heavy (non-hydrogen) atoms. The Labute approximate surface area is 145 Å². The number of rotatable bonds is 3. The van der Waals surface area contributed by atoms with Crippen molar-refractivity contribution < 1.29 is 14.3 Å². The number of carboxylic acids is 1. The number of nitrogens with one attached hydrogen (secondary N) is 1. The molecule has 1 aliphatic heterocycles. The maximum Gasteiger partial charge on any atom is 0.341 e. The van der Waals surface area contributed by atoms with Crippen molar-refractivity contribution in [2.75, 3.05) is 45.7 Å². The van der Waals surface area contributed by atoms with Gasteiger partial charge in [-0.2, -0.15) is 0 Å². The van der Waals surface area contributed by atoms with Crippen LogP contribution in [0.15, 0.2) is 16.7 Å². The lowest BCUT2D eigenvalue weighted by Gasteiger charge is -2.41. The lowest BCUT2D eigenvalue weighted by molar-refractivity contribution is 0.0694. The summed E-state index contributed by atoms with van der Waals surface area (Å²) in [5.41, 5.74) is 1.41. The number of aromatic nitrogens is 1. The van der Waals surface area contributed by atoms with E-state index in [1.165, 1.54) is 17.8 Å². The number of nitrogens with zero attached hydrogens (tertiary/aromatic N) is 3. The number of carbonyl (C=O) groups is 1. The van der Waals surface area contributed by atoms with E-state index in [0.29, 0.717) is 24.5 Å². The summed E-state index contributed by atoms with van der Waals surface area (Å²) in [6.45, 7) is 4.58. The van der Waals surface area contributed by atoms with E-state index in [0.717, 1.165) is 13.1 Å². The van der Waals surface area contributed by atoms with Crippen molar-refractivity contribution in [1.82, 2.24) is 14.5 Å². The predicted molar refractivity (Wildman–Crippen MR) is 93.2 cm³/mol. The normalized spacial score (nSPS) is 23.8. The van der Waals surface area contributed by atoms with Gasteiger partial charge in [0.15, 0.2) is 11.1 Å². The highest BCUT2D eigenvalue weighted by Crippen LogP contribution is 2.35. The number of likely N-dealkylation sites (N-methyl/N-ethyl adjacent to an activating group) is 1. The van der Waals surface area contributed by atoms with Gasteiger partial charge in [-0.15, -0.1) is 0 Å². The zero-order chi connectivity index (χ0) is 18.4. The fourth-order valence-corrected chi connectivity index (χ4v) is 3.52. The number of allylic oxidation sites excluding steroid dienone is 1. The summed E-state index contributed by atoms with van der Waals surface area (Å²) < 4.78 is 16.9. The third-order valence-corrected chi connectivity index (χ3v) is 4.98. The number of hydrogen-bond acceptors (Lipinski definition) is 5. The fourth-order valence-electron chi connectivity index (χ4n) is 3.52. The summed E-state index contributed by atoms with van der Waals surface area (Å²) in [6.07, 6.45) is 2.79. The highest BCUT2D eigenvalue weighted by molar-refractivity contribution is 5.87. The third kappa shape index (κ3) is 3.02. The summed E-state index contributed by atoms with van der Waals surface area (Å²) in [5.74, 6) is -1.31. The van der Waals surface area contributed by atoms with E-state index < -0.39 is 17.1 Å². The van der Waals surface area contributed by atoms with Crippen molar-refractivity contribution in [1.29, 1.82) is 0 Å². The van der Waals surface area contributed by atoms with Crippen LogP contribution >= 0.6 is 0 Å². The van der Waals surface area contributed by atoms with Crippen molar-refractivity contribution in [3.05, 3.63) is 38.9 Å². The van der Waals surface area contributed by atoms with E-state index in [2.05, 4.69) is 10.3 Å². The Bertz CT molecular complexity index is 792. The molecule has 2 heterocycles. The van der Waals surface area contributed by atoms with Gasteiger partial charge in [-0.05, 0) is 20.0 Å². The SMILES string of the molecule is CNn1cc(C(=O)O)c(=O)c2c1C=C(N1CCN(C)CC1)C(C)(F)C2. The van der Waals surface area contributed by atoms with E-state index in [4.69, 9.17) is 0 Å². The van der Waals surface area contributed by atoms with Crippen LogP contribution in [-0.4, -0.2) is 71.5 Å². The number of pyridine rings is 1. The minimum absolute atomic E-state index is 0.137. The Hall–Kier alpha value is -2.35. The maximum absolute atomic E-state index is 15.4. The van der Waals surface area contributed by atoms with Gasteiger partial charge in [-0.1, -0.05) is 0 Å². The Balaban J connectivity index is 2.13. The molecule has 0 aromatic carbocycles. The molecule has 8 heteroatoms. The van der Waals surface area contributed by atoms with Gasteiger partial charge in [0.2, 0.25) is 0 Å². The van der Waals surface area contributed by atoms with Crippen LogP contribution in [0.1, 0.15) is 28.5 Å². The first-order valence-corrected chi connectivity index (χ1v) is 8.29. The summed E-state index contributed by atoms with van der Waals surface area (Å²) in [5, 5.41) is 9.23. The maximum atomic E-state index is 15.4. The predicted octanol–water partition coefficient (Wildman–Crippen LogP) is 0.592. The molecule has 3 rings (SSSR count). The van der Waals surface area contributed by atoms with Gasteiger partial charge in [0.1, 0.15) is 5.56 Å². The lowest BCUT2D eigenvalue weighted by atomic mass is 9.86. The molecule has 2 aliphatic rings. The molecular formula is C17H23FN4O3. The molecule has 0 bridgehead atoms. The van der Waals surface area contributed by atoms with Crippen molar-refractivity contribution >= 4 is 12.0 Å². The molecule has 1 unspecified atom stereocenters. The molecule has 7 nitrogen and oxygen atoms in total. The number of piperazine rings is 1. The lowest BCUT2D eigenvalue weighted by Crippen LogP contribution is -2.49. The van der Waals surface area contributed by atoms with E-state index in [9.17, 15) is 14.7 Å². The van der Waals surface area contributed by atoms with Crippen LogP contribution in [0.25, 0.3) is 6.08 Å². The Morgan fingerprint density at radius 3 is 2.52 bits per heavy atom. The molecule has 2 N–H and O–H groups in total.